The maximum Gasteiger partial charge on any atom is 0.291 e. The summed E-state index contributed by atoms with van der Waals surface area (Å²) in [6.45, 7) is 1.87. The first-order valence-electron chi connectivity index (χ1n) is 3.26. The third-order valence-electron chi connectivity index (χ3n) is 1.48. The molecule has 2 heterocycles. The van der Waals surface area contributed by atoms with Crippen LogP contribution in [-0.4, -0.2) is 15.0 Å². The zero-order chi connectivity index (χ0) is 7.84. The number of anilines is 1. The lowest BCUT2D eigenvalue weighted by Gasteiger charge is -1.83. The van der Waals surface area contributed by atoms with Crippen molar-refractivity contribution in [2.75, 3.05) is 5.73 Å². The lowest BCUT2D eigenvalue weighted by Crippen LogP contribution is -2.06. The van der Waals surface area contributed by atoms with Gasteiger partial charge in [-0.05, 0) is 0 Å². The van der Waals surface area contributed by atoms with Crippen LogP contribution in [0.4, 0.5) is 5.82 Å². The van der Waals surface area contributed by atoms with Crippen molar-refractivity contribution in [2.24, 2.45) is 0 Å². The standard InChI is InChI=1S/C6H7N5/c1-3-10-4-5(7)8-2-9-6(4)11-3/h2H,1H3,(H3,7,8,9,10,11)/p+1. The summed E-state index contributed by atoms with van der Waals surface area (Å²) < 4.78 is 0. The van der Waals surface area contributed by atoms with Crippen molar-refractivity contribution in [1.29, 1.82) is 0 Å². The van der Waals surface area contributed by atoms with Gasteiger partial charge in [0, 0.05) is 6.92 Å². The number of H-pyrrole nitrogens is 2. The molecule has 0 radical (unpaired) electrons. The molecular formula is C6H8N5+. The van der Waals surface area contributed by atoms with Crippen LogP contribution in [0.15, 0.2) is 6.33 Å². The number of rotatable bonds is 0. The van der Waals surface area contributed by atoms with Crippen LogP contribution >= 0.6 is 0 Å². The van der Waals surface area contributed by atoms with Gasteiger partial charge < -0.3 is 10.7 Å². The van der Waals surface area contributed by atoms with Crippen molar-refractivity contribution in [2.45, 2.75) is 6.92 Å². The zero-order valence-electron chi connectivity index (χ0n) is 6.05. The number of imidazole rings is 1. The highest BCUT2D eigenvalue weighted by Crippen LogP contribution is 2.09. The van der Waals surface area contributed by atoms with Gasteiger partial charge in [-0.3, -0.25) is 0 Å². The molecule has 0 spiro atoms. The molecule has 0 bridgehead atoms. The van der Waals surface area contributed by atoms with Crippen LogP contribution in [0.3, 0.4) is 0 Å². The maximum absolute atomic E-state index is 5.57. The smallest absolute Gasteiger partial charge is 0.291 e. The second kappa shape index (κ2) is 1.91. The van der Waals surface area contributed by atoms with E-state index in [1.165, 1.54) is 6.33 Å². The molecule has 0 atom stereocenters. The minimum atomic E-state index is 0.472. The molecule has 0 fully saturated rings. The molecule has 0 aliphatic rings. The van der Waals surface area contributed by atoms with Gasteiger partial charge in [0.05, 0.1) is 0 Å². The molecule has 0 amide bonds. The molecule has 5 heteroatoms. The Bertz CT molecular complexity index is 391. The Balaban J connectivity index is 2.90. The molecule has 0 saturated heterocycles. The fourth-order valence-corrected chi connectivity index (χ4v) is 1.01. The van der Waals surface area contributed by atoms with Gasteiger partial charge >= 0.3 is 0 Å². The summed E-state index contributed by atoms with van der Waals surface area (Å²) in [5, 5.41) is 0. The number of hydrogen-bond acceptors (Lipinski definition) is 3. The molecule has 0 aromatic carbocycles. The van der Waals surface area contributed by atoms with E-state index in [4.69, 9.17) is 5.73 Å². The van der Waals surface area contributed by atoms with Crippen molar-refractivity contribution in [3.05, 3.63) is 12.2 Å². The second-order valence-electron chi connectivity index (χ2n) is 2.33. The lowest BCUT2D eigenvalue weighted by atomic mass is 10.5. The minimum Gasteiger partial charge on any atom is -0.368 e. The van der Waals surface area contributed by atoms with Gasteiger partial charge in [-0.2, -0.15) is 0 Å². The molecule has 56 valence electrons. The van der Waals surface area contributed by atoms with E-state index in [1.54, 1.807) is 0 Å². The van der Waals surface area contributed by atoms with Crippen molar-refractivity contribution in [3.63, 3.8) is 0 Å². The van der Waals surface area contributed by atoms with Crippen molar-refractivity contribution < 1.29 is 4.98 Å². The fourth-order valence-electron chi connectivity index (χ4n) is 1.01. The SMILES string of the molecule is Cc1nc2[nH+]cnc(N)c2[nH]1. The first-order chi connectivity index (χ1) is 5.27. The topological polar surface area (TPSA) is 81.7 Å². The summed E-state index contributed by atoms with van der Waals surface area (Å²) in [6, 6.07) is 0. The molecule has 4 N–H and O–H groups in total. The van der Waals surface area contributed by atoms with Gasteiger partial charge in [-0.1, -0.05) is 9.97 Å². The maximum atomic E-state index is 5.57. The van der Waals surface area contributed by atoms with E-state index in [-0.39, 0.29) is 0 Å². The number of nitrogens with zero attached hydrogens (tertiary/aromatic N) is 2. The van der Waals surface area contributed by atoms with Crippen LogP contribution < -0.4 is 10.7 Å². The summed E-state index contributed by atoms with van der Waals surface area (Å²) in [4.78, 5) is 13.9. The molecule has 0 aliphatic heterocycles. The quantitative estimate of drug-likeness (QED) is 0.539. The van der Waals surface area contributed by atoms with E-state index in [1.807, 2.05) is 6.92 Å². The molecular weight excluding hydrogens is 142 g/mol. The Morgan fingerprint density at radius 3 is 3.18 bits per heavy atom. The van der Waals surface area contributed by atoms with Crippen LogP contribution in [0.25, 0.3) is 11.2 Å². The Labute approximate surface area is 62.7 Å². The molecule has 0 aliphatic carbocycles. The first-order valence-corrected chi connectivity index (χ1v) is 3.26. The third-order valence-corrected chi connectivity index (χ3v) is 1.48. The molecule has 5 nitrogen and oxygen atoms in total. The van der Waals surface area contributed by atoms with Crippen LogP contribution in [0.1, 0.15) is 5.82 Å². The van der Waals surface area contributed by atoms with E-state index in [2.05, 4.69) is 19.9 Å². The van der Waals surface area contributed by atoms with Crippen molar-refractivity contribution >= 4 is 17.0 Å². The van der Waals surface area contributed by atoms with E-state index in [0.29, 0.717) is 5.82 Å². The van der Waals surface area contributed by atoms with Crippen LogP contribution in [-0.2, 0) is 0 Å². The Hall–Kier alpha value is -1.65. The number of aryl methyl sites for hydroxylation is 1. The first kappa shape index (κ1) is 6.09. The zero-order valence-corrected chi connectivity index (χ0v) is 6.05. The number of aromatic nitrogens is 4. The van der Waals surface area contributed by atoms with Gasteiger partial charge in [0.1, 0.15) is 0 Å². The van der Waals surface area contributed by atoms with Gasteiger partial charge in [0.25, 0.3) is 5.65 Å². The average Bonchev–Trinajstić information content (AvgIpc) is 2.31. The number of nitrogens with one attached hydrogen (secondary N) is 2. The largest absolute Gasteiger partial charge is 0.368 e. The highest BCUT2D eigenvalue weighted by atomic mass is 15.0. The number of hydrogen-bond donors (Lipinski definition) is 2. The third kappa shape index (κ3) is 0.813. The second-order valence-corrected chi connectivity index (χ2v) is 2.33. The van der Waals surface area contributed by atoms with Gasteiger partial charge in [-0.25, -0.2) is 4.98 Å². The Morgan fingerprint density at radius 1 is 1.64 bits per heavy atom. The van der Waals surface area contributed by atoms with Gasteiger partial charge in [0.15, 0.2) is 11.3 Å². The summed E-state index contributed by atoms with van der Waals surface area (Å²) in [7, 11) is 0. The summed E-state index contributed by atoms with van der Waals surface area (Å²) in [6.07, 6.45) is 1.53. The predicted octanol–water partition coefficient (Wildman–Crippen LogP) is -0.337. The van der Waals surface area contributed by atoms with Gasteiger partial charge in [-0.15, -0.1) is 0 Å². The lowest BCUT2D eigenvalue weighted by molar-refractivity contribution is -0.352. The molecule has 2 aromatic rings. The molecule has 2 aromatic heterocycles. The fraction of sp³-hybridized carbons (Fsp3) is 0.167. The minimum absolute atomic E-state index is 0.472. The molecule has 2 rings (SSSR count). The summed E-state index contributed by atoms with van der Waals surface area (Å²) in [5.74, 6) is 1.30. The van der Waals surface area contributed by atoms with E-state index < -0.39 is 0 Å². The predicted molar refractivity (Wildman–Crippen MR) is 39.6 cm³/mol. The Morgan fingerprint density at radius 2 is 2.45 bits per heavy atom. The highest BCUT2D eigenvalue weighted by molar-refractivity contribution is 5.78. The molecule has 11 heavy (non-hydrogen) atoms. The number of aromatic amines is 2. The summed E-state index contributed by atoms with van der Waals surface area (Å²) in [5.41, 5.74) is 7.08. The van der Waals surface area contributed by atoms with E-state index in [0.717, 1.165) is 17.0 Å². The number of fused-ring (bicyclic) bond motifs is 1. The Kier molecular flexibility index (Phi) is 1.06. The van der Waals surface area contributed by atoms with E-state index >= 15 is 0 Å². The molecule has 0 saturated carbocycles. The van der Waals surface area contributed by atoms with E-state index in [9.17, 15) is 0 Å². The number of nitrogens with two attached hydrogens (primary N) is 1. The monoisotopic (exact) mass is 150 g/mol. The normalized spacial score (nSPS) is 10.6. The summed E-state index contributed by atoms with van der Waals surface area (Å²) >= 11 is 0. The average molecular weight is 150 g/mol. The molecule has 0 unspecified atom stereocenters. The van der Waals surface area contributed by atoms with Crippen LogP contribution in [0.2, 0.25) is 0 Å². The van der Waals surface area contributed by atoms with Crippen LogP contribution in [0, 0.1) is 6.92 Å². The highest BCUT2D eigenvalue weighted by Gasteiger charge is 2.09. The van der Waals surface area contributed by atoms with Crippen molar-refractivity contribution in [1.82, 2.24) is 15.0 Å². The van der Waals surface area contributed by atoms with Crippen LogP contribution in [0.5, 0.6) is 0 Å². The van der Waals surface area contributed by atoms with Crippen molar-refractivity contribution in [3.8, 4) is 0 Å². The number of nitrogen functional groups attached to an aromatic ring is 1. The van der Waals surface area contributed by atoms with Gasteiger partial charge in [0.2, 0.25) is 12.1 Å².